The first-order valence-electron chi connectivity index (χ1n) is 3.34. The van der Waals surface area contributed by atoms with Crippen LogP contribution < -0.4 is 0 Å². The van der Waals surface area contributed by atoms with Crippen molar-refractivity contribution in [2.24, 2.45) is 0 Å². The quantitative estimate of drug-likeness (QED) is 0.540. The highest BCUT2D eigenvalue weighted by molar-refractivity contribution is 6.36. The van der Waals surface area contributed by atoms with Crippen molar-refractivity contribution in [1.82, 2.24) is 0 Å². The third kappa shape index (κ3) is 13.3. The van der Waals surface area contributed by atoms with E-state index in [2.05, 4.69) is 4.43 Å². The summed E-state index contributed by atoms with van der Waals surface area (Å²) in [5, 5.41) is 0. The van der Waals surface area contributed by atoms with Crippen LogP contribution in [0.2, 0.25) is 0 Å². The van der Waals surface area contributed by atoms with Crippen molar-refractivity contribution >= 4 is 20.0 Å². The Kier molecular flexibility index (Phi) is 16.2. The van der Waals surface area contributed by atoms with Gasteiger partial charge in [-0.3, -0.25) is 0 Å². The van der Waals surface area contributed by atoms with Gasteiger partial charge in [0.25, 0.3) is 0 Å². The molecular weight excluding hydrogens is 180 g/mol. The van der Waals surface area contributed by atoms with Gasteiger partial charge < -0.3 is 17.7 Å². The van der Waals surface area contributed by atoms with E-state index in [0.717, 1.165) is 17.1 Å². The fraction of sp³-hybridized carbons (Fsp3) is 1.00. The third-order valence-corrected chi connectivity index (χ3v) is 2.60. The van der Waals surface area contributed by atoms with Crippen LogP contribution in [0.4, 0.5) is 0 Å². The highest BCUT2D eigenvalue weighted by atomic mass is 28.3. The summed E-state index contributed by atoms with van der Waals surface area (Å²) >= 11 is 0. The molecule has 0 rings (SSSR count). The Balaban J connectivity index is 0. The maximum atomic E-state index is 4.74. The lowest BCUT2D eigenvalue weighted by Gasteiger charge is -2.05. The molecule has 0 aromatic carbocycles. The van der Waals surface area contributed by atoms with E-state index in [-0.39, 0.29) is 0 Å². The van der Waals surface area contributed by atoms with E-state index in [1.54, 1.807) is 21.3 Å². The molecule has 0 unspecified atom stereocenters. The first-order chi connectivity index (χ1) is 5.26. The number of hydrogen-bond donors (Lipinski definition) is 0. The molecule has 0 heterocycles. The van der Waals surface area contributed by atoms with E-state index in [1.807, 2.05) is 6.92 Å². The molecule has 0 aliphatic heterocycles. The Morgan fingerprint density at radius 3 is 1.36 bits per heavy atom. The molecule has 0 aromatic rings. The molecule has 0 N–H and O–H groups in total. The summed E-state index contributed by atoms with van der Waals surface area (Å²) in [7, 11) is 3.94. The van der Waals surface area contributed by atoms with Crippen molar-refractivity contribution in [2.45, 2.75) is 6.92 Å². The van der Waals surface area contributed by atoms with Crippen molar-refractivity contribution in [1.29, 1.82) is 0 Å². The molecule has 0 bridgehead atoms. The van der Waals surface area contributed by atoms with Crippen molar-refractivity contribution in [3.63, 3.8) is 0 Å². The zero-order valence-electron chi connectivity index (χ0n) is 7.92. The zero-order chi connectivity index (χ0) is 9.11. The van der Waals surface area contributed by atoms with Crippen LogP contribution in [0.5, 0.6) is 0 Å². The zero-order valence-corrected chi connectivity index (χ0v) is 11.1. The molecule has 4 nitrogen and oxygen atoms in total. The van der Waals surface area contributed by atoms with Crippen LogP contribution in [0.15, 0.2) is 0 Å². The summed E-state index contributed by atoms with van der Waals surface area (Å²) in [5.41, 5.74) is 0. The van der Waals surface area contributed by atoms with Crippen LogP contribution in [-0.4, -0.2) is 47.9 Å². The largest absolute Gasteiger partial charge is 0.483 e. The minimum atomic E-state index is -1.67. The van der Waals surface area contributed by atoms with Crippen LogP contribution in [0.3, 0.4) is 0 Å². The van der Waals surface area contributed by atoms with E-state index < -0.39 is 9.53 Å². The van der Waals surface area contributed by atoms with Gasteiger partial charge in [0.15, 0.2) is 0 Å². The van der Waals surface area contributed by atoms with Crippen molar-refractivity contribution in [3.05, 3.63) is 0 Å². The Labute approximate surface area is 73.3 Å². The average Bonchev–Trinajstić information content (AvgIpc) is 2.08. The molecule has 6 heteroatoms. The molecular formula is C5H18O4Si2. The van der Waals surface area contributed by atoms with Gasteiger partial charge in [-0.2, -0.15) is 0 Å². The maximum Gasteiger partial charge on any atom is 0.483 e. The van der Waals surface area contributed by atoms with Gasteiger partial charge in [0.1, 0.15) is 10.5 Å². The Bertz CT molecular complexity index is 52.9. The third-order valence-electron chi connectivity index (χ3n) is 0.866. The molecule has 0 saturated carbocycles. The van der Waals surface area contributed by atoms with Gasteiger partial charge in [-0.1, -0.05) is 0 Å². The molecule has 0 atom stereocenters. The van der Waals surface area contributed by atoms with Crippen LogP contribution in [-0.2, 0) is 17.7 Å². The Morgan fingerprint density at radius 2 is 1.36 bits per heavy atom. The van der Waals surface area contributed by atoms with Gasteiger partial charge >= 0.3 is 9.53 Å². The number of hydrogen-bond acceptors (Lipinski definition) is 4. The average molecular weight is 198 g/mol. The highest BCUT2D eigenvalue weighted by Crippen LogP contribution is 1.81. The molecule has 0 amide bonds. The summed E-state index contributed by atoms with van der Waals surface area (Å²) in [5.74, 6) is 0. The fourth-order valence-corrected chi connectivity index (χ4v) is 0.866. The van der Waals surface area contributed by atoms with Crippen LogP contribution >= 0.6 is 0 Å². The molecule has 0 aliphatic rings. The molecule has 0 radical (unpaired) electrons. The van der Waals surface area contributed by atoms with E-state index >= 15 is 0 Å². The second-order valence-corrected chi connectivity index (χ2v) is 4.14. The summed E-state index contributed by atoms with van der Waals surface area (Å²) in [4.78, 5) is 0. The van der Waals surface area contributed by atoms with Crippen molar-refractivity contribution < 1.29 is 17.7 Å². The van der Waals surface area contributed by atoms with E-state index in [4.69, 9.17) is 13.3 Å². The SMILES string of the molecule is CCO[SiH3].CO[SiH](OC)OC. The summed E-state index contributed by atoms with van der Waals surface area (Å²) in [6, 6.07) is 0. The summed E-state index contributed by atoms with van der Waals surface area (Å²) in [6.07, 6.45) is 0. The Hall–Kier alpha value is 0.274. The van der Waals surface area contributed by atoms with Gasteiger partial charge in [-0.15, -0.1) is 0 Å². The van der Waals surface area contributed by atoms with E-state index in [0.29, 0.717) is 0 Å². The predicted molar refractivity (Wildman–Crippen MR) is 49.7 cm³/mol. The van der Waals surface area contributed by atoms with E-state index in [9.17, 15) is 0 Å². The first-order valence-corrected chi connectivity index (χ1v) is 5.57. The molecule has 0 saturated heterocycles. The second kappa shape index (κ2) is 12.9. The van der Waals surface area contributed by atoms with Crippen molar-refractivity contribution in [2.75, 3.05) is 27.9 Å². The van der Waals surface area contributed by atoms with Crippen molar-refractivity contribution in [3.8, 4) is 0 Å². The maximum absolute atomic E-state index is 4.74. The standard InChI is InChI=1S/C3H10O3Si.C2H8OSi/c1-4-7(5-2)6-3;1-2-3-4/h7H,1-3H3;2H2,1,4H3. The Morgan fingerprint density at radius 1 is 1.09 bits per heavy atom. The first kappa shape index (κ1) is 13.8. The van der Waals surface area contributed by atoms with E-state index in [1.165, 1.54) is 0 Å². The highest BCUT2D eigenvalue weighted by Gasteiger charge is 2.04. The second-order valence-electron chi connectivity index (χ2n) is 1.57. The van der Waals surface area contributed by atoms with Gasteiger partial charge in [-0.05, 0) is 6.92 Å². The fourth-order valence-electron chi connectivity index (χ4n) is 0.289. The van der Waals surface area contributed by atoms with Gasteiger partial charge in [-0.25, -0.2) is 0 Å². The lowest BCUT2D eigenvalue weighted by molar-refractivity contribution is 0.163. The van der Waals surface area contributed by atoms with Crippen LogP contribution in [0.25, 0.3) is 0 Å². The molecule has 11 heavy (non-hydrogen) atoms. The molecule has 70 valence electrons. The minimum Gasteiger partial charge on any atom is -0.428 e. The van der Waals surface area contributed by atoms with Crippen LogP contribution in [0, 0.1) is 0 Å². The van der Waals surface area contributed by atoms with Crippen LogP contribution in [0.1, 0.15) is 6.92 Å². The smallest absolute Gasteiger partial charge is 0.428 e. The normalized spacial score (nSPS) is 9.55. The minimum absolute atomic E-state index is 0.881. The van der Waals surface area contributed by atoms with Gasteiger partial charge in [0.05, 0.1) is 0 Å². The summed E-state index contributed by atoms with van der Waals surface area (Å²) < 4.78 is 18.9. The van der Waals surface area contributed by atoms with Gasteiger partial charge in [0.2, 0.25) is 0 Å². The molecule has 0 spiro atoms. The molecule has 0 aromatic heterocycles. The number of rotatable bonds is 4. The summed E-state index contributed by atoms with van der Waals surface area (Å²) in [6.45, 7) is 2.87. The predicted octanol–water partition coefficient (Wildman–Crippen LogP) is -1.05. The lowest BCUT2D eigenvalue weighted by atomic mass is 10.9. The lowest BCUT2D eigenvalue weighted by Crippen LogP contribution is -2.21. The monoisotopic (exact) mass is 198 g/mol. The molecule has 0 aliphatic carbocycles. The topological polar surface area (TPSA) is 36.9 Å². The van der Waals surface area contributed by atoms with Gasteiger partial charge in [0, 0.05) is 27.9 Å². The molecule has 0 fully saturated rings.